The maximum atomic E-state index is 12.7. The van der Waals surface area contributed by atoms with Gasteiger partial charge in [0.1, 0.15) is 26.9 Å². The number of nitro groups is 2. The second kappa shape index (κ2) is 11.6. The molecule has 3 aromatic carbocycles. The van der Waals surface area contributed by atoms with Gasteiger partial charge in [-0.1, -0.05) is 0 Å². The maximum Gasteiger partial charge on any atom is 0.295 e. The van der Waals surface area contributed by atoms with Crippen LogP contribution in [0.3, 0.4) is 0 Å². The third-order valence-corrected chi connectivity index (χ3v) is 5.84. The number of nitrogens with one attached hydrogen (secondary N) is 2. The first-order valence-electron chi connectivity index (χ1n) is 9.53. The zero-order valence-corrected chi connectivity index (χ0v) is 19.8. The summed E-state index contributed by atoms with van der Waals surface area (Å²) in [6.07, 6.45) is 0. The van der Waals surface area contributed by atoms with Crippen LogP contribution in [0.25, 0.3) is 0 Å². The highest BCUT2D eigenvalue weighted by molar-refractivity contribution is 7.94. The fourth-order valence-electron chi connectivity index (χ4n) is 2.75. The van der Waals surface area contributed by atoms with Crippen molar-refractivity contribution in [1.82, 2.24) is 0 Å². The van der Waals surface area contributed by atoms with Crippen LogP contribution in [0.5, 0.6) is 0 Å². The molecule has 3 rings (SSSR count). The van der Waals surface area contributed by atoms with Crippen molar-refractivity contribution in [3.8, 4) is 0 Å². The summed E-state index contributed by atoms with van der Waals surface area (Å²) in [5, 5.41) is 41.8. The Kier molecular flexibility index (Phi) is 8.57. The first kappa shape index (κ1) is 28.0. The van der Waals surface area contributed by atoms with Crippen LogP contribution in [0.4, 0.5) is 22.7 Å². The average Bonchev–Trinajstić information content (AvgIpc) is 2.86. The molecule has 0 radical (unpaired) electrons. The summed E-state index contributed by atoms with van der Waals surface area (Å²) in [6.45, 7) is 0. The molecule has 3 aromatic rings. The lowest BCUT2D eigenvalue weighted by atomic mass is 10.3. The highest BCUT2D eigenvalue weighted by Gasteiger charge is 2.17. The van der Waals surface area contributed by atoms with Gasteiger partial charge in [-0.25, -0.2) is 8.42 Å². The maximum absolute atomic E-state index is 12.7. The summed E-state index contributed by atoms with van der Waals surface area (Å²) < 4.78 is 37.5. The van der Waals surface area contributed by atoms with E-state index in [1.165, 1.54) is 6.07 Å². The number of anilines is 2. The third-order valence-electron chi connectivity index (χ3n) is 4.44. The molecule has 38 heavy (non-hydrogen) atoms. The van der Waals surface area contributed by atoms with E-state index in [4.69, 9.17) is 0 Å². The van der Waals surface area contributed by atoms with Crippen LogP contribution in [-0.4, -0.2) is 22.8 Å². The molecular formula is C18H10N6O12S2-2. The minimum Gasteiger partial charge on any atom is -0.744 e. The highest BCUT2D eigenvalue weighted by Crippen LogP contribution is 2.30. The van der Waals surface area contributed by atoms with Gasteiger partial charge in [-0.05, 0) is 36.4 Å². The van der Waals surface area contributed by atoms with E-state index in [0.717, 1.165) is 36.4 Å². The summed E-state index contributed by atoms with van der Waals surface area (Å²) in [5.41, 5.74) is 0.404. The molecule has 0 saturated heterocycles. The van der Waals surface area contributed by atoms with E-state index in [1.54, 1.807) is 0 Å². The van der Waals surface area contributed by atoms with Crippen molar-refractivity contribution in [2.75, 3.05) is 10.9 Å². The first-order chi connectivity index (χ1) is 17.9. The monoisotopic (exact) mass is 566 g/mol. The number of hydrogen-bond acceptors (Lipinski definition) is 17. The van der Waals surface area contributed by atoms with Gasteiger partial charge in [0, 0.05) is 17.0 Å². The SMILES string of the molecule is O=c1cc/c(=N\Nc2ccc(S(=O)(=O)[O-])cc2[N+](=O)[O-])c(=O)c1=NNc1ccc(SOO[O-])cc1[N+](=O)[O-]. The molecule has 2 N–H and O–H groups in total. The highest BCUT2D eigenvalue weighted by atomic mass is 32.2. The van der Waals surface area contributed by atoms with Gasteiger partial charge in [0.25, 0.3) is 11.4 Å². The minimum absolute atomic E-state index is 0.106. The molecule has 0 bridgehead atoms. The van der Waals surface area contributed by atoms with Crippen LogP contribution in [-0.2, 0) is 19.5 Å². The summed E-state index contributed by atoms with van der Waals surface area (Å²) in [5.74, 6) is 0. The lowest BCUT2D eigenvalue weighted by Gasteiger charge is -2.08. The largest absolute Gasteiger partial charge is 0.744 e. The van der Waals surface area contributed by atoms with Crippen molar-refractivity contribution >= 4 is 44.9 Å². The van der Waals surface area contributed by atoms with Crippen LogP contribution in [0, 0.1) is 20.2 Å². The lowest BCUT2D eigenvalue weighted by Crippen LogP contribution is -2.48. The molecular weight excluding hydrogens is 556 g/mol. The minimum atomic E-state index is -4.99. The van der Waals surface area contributed by atoms with Gasteiger partial charge in [-0.15, -0.1) is 0 Å². The van der Waals surface area contributed by atoms with Crippen molar-refractivity contribution in [3.63, 3.8) is 0 Å². The van der Waals surface area contributed by atoms with Crippen molar-refractivity contribution in [3.05, 3.63) is 99.9 Å². The first-order valence-corrected chi connectivity index (χ1v) is 11.7. The van der Waals surface area contributed by atoms with Crippen LogP contribution in [0.15, 0.2) is 78.1 Å². The van der Waals surface area contributed by atoms with E-state index < -0.39 is 57.8 Å². The van der Waals surface area contributed by atoms with E-state index >= 15 is 0 Å². The summed E-state index contributed by atoms with van der Waals surface area (Å²) in [7, 11) is -4.99. The number of benzene rings is 3. The van der Waals surface area contributed by atoms with E-state index in [2.05, 4.69) is 30.4 Å². The lowest BCUT2D eigenvalue weighted by molar-refractivity contribution is -0.777. The Morgan fingerprint density at radius 1 is 0.868 bits per heavy atom. The third kappa shape index (κ3) is 6.58. The Morgan fingerprint density at radius 3 is 2.08 bits per heavy atom. The molecule has 198 valence electrons. The Labute approximate surface area is 213 Å². The molecule has 0 unspecified atom stereocenters. The molecule has 0 aliphatic carbocycles. The quantitative estimate of drug-likeness (QED) is 0.0988. The van der Waals surface area contributed by atoms with Gasteiger partial charge in [-0.3, -0.25) is 45.7 Å². The van der Waals surface area contributed by atoms with Crippen LogP contribution >= 0.6 is 12.0 Å². The molecule has 0 amide bonds. The van der Waals surface area contributed by atoms with Crippen molar-refractivity contribution < 1.29 is 37.4 Å². The molecule has 0 spiro atoms. The number of hydrogen-bond donors (Lipinski definition) is 2. The Morgan fingerprint density at radius 2 is 1.47 bits per heavy atom. The molecule has 0 aliphatic rings. The fourth-order valence-corrected chi connectivity index (χ4v) is 3.63. The molecule has 0 heterocycles. The molecule has 20 heteroatoms. The van der Waals surface area contributed by atoms with Gasteiger partial charge >= 0.3 is 0 Å². The standard InChI is InChI=1S/C18H12N6O12S2/c25-16-6-5-13(21-19-12-4-2-10(38(32,33)34)8-15(12)24(29)30)18(26)17(16)22-20-11-3-1-9(37-36-35-31)7-14(11)23(27)28/h1-8,19-20,31H,(H,32,33,34)/p-2/b21-13+,22-17?. The predicted molar refractivity (Wildman–Crippen MR) is 122 cm³/mol. The molecule has 18 nitrogen and oxygen atoms in total. The zero-order valence-electron chi connectivity index (χ0n) is 18.1. The second-order valence-electron chi connectivity index (χ2n) is 6.75. The fraction of sp³-hybridized carbons (Fsp3) is 0. The number of nitrogens with zero attached hydrogens (tertiary/aromatic N) is 4. The van der Waals surface area contributed by atoms with Gasteiger partial charge < -0.3 is 9.81 Å². The Balaban J connectivity index is 2.00. The molecule has 0 aliphatic heterocycles. The second-order valence-corrected chi connectivity index (χ2v) is 8.91. The molecule has 0 fully saturated rings. The van der Waals surface area contributed by atoms with E-state index in [-0.39, 0.29) is 16.3 Å². The number of rotatable bonds is 10. The van der Waals surface area contributed by atoms with Gasteiger partial charge in [-0.2, -0.15) is 14.5 Å². The van der Waals surface area contributed by atoms with Crippen LogP contribution in [0.1, 0.15) is 0 Å². The average molecular weight is 566 g/mol. The van der Waals surface area contributed by atoms with Gasteiger partial charge in [0.2, 0.25) is 10.9 Å². The molecule has 0 atom stereocenters. The van der Waals surface area contributed by atoms with Crippen LogP contribution < -0.4 is 37.7 Å². The Bertz CT molecular complexity index is 1750. The zero-order chi connectivity index (χ0) is 28.0. The molecule has 0 saturated carbocycles. The topological polar surface area (TPSA) is 268 Å². The van der Waals surface area contributed by atoms with E-state index in [1.807, 2.05) is 0 Å². The van der Waals surface area contributed by atoms with E-state index in [9.17, 15) is 48.0 Å². The Hall–Kier alpha value is -4.60. The van der Waals surface area contributed by atoms with Crippen molar-refractivity contribution in [2.24, 2.45) is 10.2 Å². The van der Waals surface area contributed by atoms with E-state index in [0.29, 0.717) is 18.1 Å². The number of nitro benzene ring substituents is 2. The predicted octanol–water partition coefficient (Wildman–Crippen LogP) is -0.911. The molecule has 0 aromatic heterocycles. The summed E-state index contributed by atoms with van der Waals surface area (Å²) >= 11 is 0.386. The van der Waals surface area contributed by atoms with Gasteiger partial charge in [0.05, 0.1) is 26.8 Å². The van der Waals surface area contributed by atoms with Crippen molar-refractivity contribution in [2.45, 2.75) is 9.79 Å². The van der Waals surface area contributed by atoms with Gasteiger partial charge in [0.15, 0.2) is 5.36 Å². The normalized spacial score (nSPS) is 12.4. The van der Waals surface area contributed by atoms with Crippen molar-refractivity contribution in [1.29, 1.82) is 0 Å². The summed E-state index contributed by atoms with van der Waals surface area (Å²) in [6, 6.07) is 7.42. The van der Waals surface area contributed by atoms with Crippen LogP contribution in [0.2, 0.25) is 0 Å². The summed E-state index contributed by atoms with van der Waals surface area (Å²) in [4.78, 5) is 44.9. The smallest absolute Gasteiger partial charge is 0.295 e.